The minimum Gasteiger partial charge on any atom is -0.346 e. The molecule has 0 radical (unpaired) electrons. The van der Waals surface area contributed by atoms with Gasteiger partial charge in [-0.2, -0.15) is 0 Å². The molecule has 2 atom stereocenters. The average molecular weight is 186 g/mol. The Kier molecular flexibility index (Phi) is 6.35. The molecule has 0 heterocycles. The van der Waals surface area contributed by atoms with Crippen LogP contribution in [0.4, 0.5) is 0 Å². The molecule has 0 fully saturated rings. The Morgan fingerprint density at radius 1 is 1.40 bits per heavy atom. The van der Waals surface area contributed by atoms with E-state index in [9.17, 15) is 9.13 Å². The molecule has 0 aliphatic heterocycles. The highest BCUT2D eigenvalue weighted by Crippen LogP contribution is 2.25. The van der Waals surface area contributed by atoms with Crippen LogP contribution in [0.1, 0.15) is 6.92 Å². The van der Waals surface area contributed by atoms with Gasteiger partial charge in [-0.25, -0.2) is 0 Å². The fourth-order valence-electron chi connectivity index (χ4n) is 0.442. The van der Waals surface area contributed by atoms with Crippen LogP contribution in [0.3, 0.4) is 0 Å². The second-order valence-corrected chi connectivity index (χ2v) is 4.52. The van der Waals surface area contributed by atoms with E-state index >= 15 is 0 Å². The highest BCUT2D eigenvalue weighted by Gasteiger charge is 1.99. The Morgan fingerprint density at radius 2 is 2.00 bits per heavy atom. The van der Waals surface area contributed by atoms with Crippen LogP contribution in [0.2, 0.25) is 0 Å². The summed E-state index contributed by atoms with van der Waals surface area (Å²) in [7, 11) is -4.47. The molecule has 62 valence electrons. The molecule has 0 bridgehead atoms. The lowest BCUT2D eigenvalue weighted by atomic mass is 10.9. The summed E-state index contributed by atoms with van der Waals surface area (Å²) in [5.41, 5.74) is 0. The summed E-state index contributed by atoms with van der Waals surface area (Å²) in [6.07, 6.45) is 0.343. The minimum atomic E-state index is -2.45. The third-order valence-corrected chi connectivity index (χ3v) is 3.29. The zero-order chi connectivity index (χ0) is 7.98. The molecule has 0 amide bonds. The monoisotopic (exact) mass is 186 g/mol. The van der Waals surface area contributed by atoms with Crippen molar-refractivity contribution in [1.29, 1.82) is 0 Å². The Hall–Kier alpha value is 0.380. The van der Waals surface area contributed by atoms with Crippen LogP contribution in [0, 0.1) is 0 Å². The SMILES string of the molecule is CCO[PH](=O)CC[PH](=O)O. The molecule has 4 nitrogen and oxygen atoms in total. The van der Waals surface area contributed by atoms with E-state index in [1.54, 1.807) is 6.92 Å². The van der Waals surface area contributed by atoms with Gasteiger partial charge in [0.05, 0.1) is 6.61 Å². The molecular formula is C4H12O4P2. The van der Waals surface area contributed by atoms with E-state index in [1.807, 2.05) is 0 Å². The van der Waals surface area contributed by atoms with E-state index in [4.69, 9.17) is 9.42 Å². The summed E-state index contributed by atoms with van der Waals surface area (Å²) >= 11 is 0. The van der Waals surface area contributed by atoms with Gasteiger partial charge in [-0.15, -0.1) is 0 Å². The van der Waals surface area contributed by atoms with E-state index in [1.165, 1.54) is 0 Å². The van der Waals surface area contributed by atoms with Crippen LogP contribution in [0.25, 0.3) is 0 Å². The second-order valence-electron chi connectivity index (χ2n) is 1.70. The summed E-state index contributed by atoms with van der Waals surface area (Å²) in [6, 6.07) is 0. The fourth-order valence-corrected chi connectivity index (χ4v) is 2.58. The summed E-state index contributed by atoms with van der Waals surface area (Å²) in [6.45, 7) is 2.15. The highest BCUT2D eigenvalue weighted by molar-refractivity contribution is 7.43. The van der Waals surface area contributed by atoms with E-state index in [-0.39, 0.29) is 12.3 Å². The molecule has 10 heavy (non-hydrogen) atoms. The van der Waals surface area contributed by atoms with Crippen molar-refractivity contribution >= 4 is 16.1 Å². The van der Waals surface area contributed by atoms with Crippen molar-refractivity contribution in [3.05, 3.63) is 0 Å². The number of rotatable bonds is 5. The van der Waals surface area contributed by atoms with E-state index in [0.29, 0.717) is 6.61 Å². The maximum atomic E-state index is 10.7. The zero-order valence-corrected chi connectivity index (χ0v) is 7.79. The van der Waals surface area contributed by atoms with E-state index in [2.05, 4.69) is 0 Å². The predicted octanol–water partition coefficient (Wildman–Crippen LogP) is 0.965. The van der Waals surface area contributed by atoms with Gasteiger partial charge in [-0.3, -0.25) is 9.13 Å². The van der Waals surface area contributed by atoms with Crippen molar-refractivity contribution < 1.29 is 18.5 Å². The molecule has 2 unspecified atom stereocenters. The van der Waals surface area contributed by atoms with Crippen LogP contribution < -0.4 is 0 Å². The summed E-state index contributed by atoms with van der Waals surface area (Å²) in [5.74, 6) is 0. The molecule has 6 heteroatoms. The normalized spacial score (nSPS) is 16.6. The van der Waals surface area contributed by atoms with Crippen LogP contribution >= 0.6 is 16.1 Å². The molecule has 0 aromatic rings. The summed E-state index contributed by atoms with van der Waals surface area (Å²) in [5, 5.41) is 0. The van der Waals surface area contributed by atoms with Crippen molar-refractivity contribution in [2.24, 2.45) is 0 Å². The standard InChI is InChI=1S/C4H12O4P2/c1-2-8-10(7)4-3-9(5)6/h9-10H,2-4H2,1H3,(H,5,6). The molecule has 0 rings (SSSR count). The zero-order valence-electron chi connectivity index (χ0n) is 5.79. The van der Waals surface area contributed by atoms with E-state index < -0.39 is 16.1 Å². The summed E-state index contributed by atoms with van der Waals surface area (Å²) < 4.78 is 25.5. The third-order valence-electron chi connectivity index (χ3n) is 0.848. The molecule has 0 spiro atoms. The van der Waals surface area contributed by atoms with E-state index in [0.717, 1.165) is 0 Å². The quantitative estimate of drug-likeness (QED) is 0.649. The first kappa shape index (κ1) is 10.4. The number of hydrogen-bond acceptors (Lipinski definition) is 3. The molecule has 0 aliphatic rings. The molecule has 1 N–H and O–H groups in total. The Bertz CT molecular complexity index is 135. The smallest absolute Gasteiger partial charge is 0.192 e. The predicted molar refractivity (Wildman–Crippen MR) is 41.6 cm³/mol. The molecule has 0 saturated heterocycles. The van der Waals surface area contributed by atoms with Crippen LogP contribution in [0.15, 0.2) is 0 Å². The van der Waals surface area contributed by atoms with Crippen LogP contribution in [-0.2, 0) is 13.7 Å². The highest BCUT2D eigenvalue weighted by atomic mass is 31.1. The maximum Gasteiger partial charge on any atom is 0.192 e. The third kappa shape index (κ3) is 6.50. The van der Waals surface area contributed by atoms with Crippen molar-refractivity contribution in [2.45, 2.75) is 6.92 Å². The Morgan fingerprint density at radius 3 is 2.40 bits per heavy atom. The van der Waals surface area contributed by atoms with Crippen molar-refractivity contribution in [2.75, 3.05) is 18.9 Å². The van der Waals surface area contributed by atoms with Crippen LogP contribution in [-0.4, -0.2) is 23.8 Å². The van der Waals surface area contributed by atoms with Gasteiger partial charge in [-0.1, -0.05) is 0 Å². The largest absolute Gasteiger partial charge is 0.346 e. The Balaban J connectivity index is 3.30. The van der Waals surface area contributed by atoms with Crippen LogP contribution in [0.5, 0.6) is 0 Å². The lowest BCUT2D eigenvalue weighted by Gasteiger charge is -1.97. The second kappa shape index (κ2) is 6.11. The van der Waals surface area contributed by atoms with Gasteiger partial charge < -0.3 is 9.42 Å². The van der Waals surface area contributed by atoms with Crippen molar-refractivity contribution in [3.63, 3.8) is 0 Å². The topological polar surface area (TPSA) is 63.6 Å². The van der Waals surface area contributed by atoms with Crippen molar-refractivity contribution in [3.8, 4) is 0 Å². The van der Waals surface area contributed by atoms with Gasteiger partial charge in [0.25, 0.3) is 0 Å². The fraction of sp³-hybridized carbons (Fsp3) is 1.00. The lowest BCUT2D eigenvalue weighted by Crippen LogP contribution is -1.86. The maximum absolute atomic E-state index is 10.7. The number of hydrogen-bond donors (Lipinski definition) is 1. The van der Waals surface area contributed by atoms with Gasteiger partial charge in [-0.05, 0) is 6.92 Å². The average Bonchev–Trinajstić information content (AvgIpc) is 1.85. The first-order chi connectivity index (χ1) is 4.66. The molecule has 0 aliphatic carbocycles. The summed E-state index contributed by atoms with van der Waals surface area (Å²) in [4.78, 5) is 8.34. The molecule has 0 aromatic carbocycles. The van der Waals surface area contributed by atoms with Gasteiger partial charge in [0.2, 0.25) is 0 Å². The van der Waals surface area contributed by atoms with Gasteiger partial charge >= 0.3 is 0 Å². The minimum absolute atomic E-state index is 0.114. The Labute approximate surface area is 61.3 Å². The first-order valence-corrected chi connectivity index (χ1v) is 6.13. The first-order valence-electron chi connectivity index (χ1n) is 3.04. The van der Waals surface area contributed by atoms with Crippen molar-refractivity contribution in [1.82, 2.24) is 0 Å². The molecular weight excluding hydrogens is 174 g/mol. The van der Waals surface area contributed by atoms with Gasteiger partial charge in [0, 0.05) is 12.3 Å². The lowest BCUT2D eigenvalue weighted by molar-refractivity contribution is 0.351. The molecule has 0 saturated carbocycles. The van der Waals surface area contributed by atoms with Gasteiger partial charge in [0.15, 0.2) is 16.1 Å². The van der Waals surface area contributed by atoms with Gasteiger partial charge in [0.1, 0.15) is 0 Å². The molecule has 0 aromatic heterocycles.